The summed E-state index contributed by atoms with van der Waals surface area (Å²) >= 11 is 11.9. The van der Waals surface area contributed by atoms with Crippen molar-refractivity contribution in [2.75, 3.05) is 0 Å². The maximum absolute atomic E-state index is 5.96. The van der Waals surface area contributed by atoms with E-state index in [2.05, 4.69) is 11.1 Å². The Morgan fingerprint density at radius 3 is 2.67 bits per heavy atom. The third-order valence-corrected chi connectivity index (χ3v) is 2.89. The fraction of sp³-hybridized carbons (Fsp3) is 0. The van der Waals surface area contributed by atoms with Gasteiger partial charge in [0.05, 0.1) is 5.52 Å². The molecule has 0 aliphatic carbocycles. The summed E-state index contributed by atoms with van der Waals surface area (Å²) in [4.78, 5) is 3.26. The van der Waals surface area contributed by atoms with Gasteiger partial charge in [0, 0.05) is 32.4 Å². The summed E-state index contributed by atoms with van der Waals surface area (Å²) in [5, 5.41) is 3.54. The Balaban J connectivity index is 2.55. The minimum Gasteiger partial charge on any atom is -0.354 e. The highest BCUT2D eigenvalue weighted by Crippen LogP contribution is 2.29. The molecule has 2 aromatic carbocycles. The number of halogens is 2. The van der Waals surface area contributed by atoms with E-state index in [0.717, 1.165) is 26.8 Å². The molecular weight excluding hydrogens is 229 g/mol. The molecule has 0 aliphatic heterocycles. The second kappa shape index (κ2) is 3.16. The Morgan fingerprint density at radius 2 is 1.80 bits per heavy atom. The van der Waals surface area contributed by atoms with Crippen molar-refractivity contribution in [1.29, 1.82) is 0 Å². The van der Waals surface area contributed by atoms with Gasteiger partial charge in [-0.1, -0.05) is 23.2 Å². The van der Waals surface area contributed by atoms with E-state index in [-0.39, 0.29) is 0 Å². The molecule has 0 saturated heterocycles. The summed E-state index contributed by atoms with van der Waals surface area (Å²) in [5.74, 6) is 0. The van der Waals surface area contributed by atoms with Crippen LogP contribution in [0.2, 0.25) is 10.0 Å². The molecule has 1 N–H and O–H groups in total. The molecule has 0 fully saturated rings. The minimum absolute atomic E-state index is 0.684. The van der Waals surface area contributed by atoms with Crippen LogP contribution in [-0.4, -0.2) is 4.98 Å². The van der Waals surface area contributed by atoms with E-state index in [1.807, 2.05) is 24.3 Å². The molecule has 0 bridgehead atoms. The quantitative estimate of drug-likeness (QED) is 0.593. The highest BCUT2D eigenvalue weighted by Gasteiger charge is 2.04. The van der Waals surface area contributed by atoms with E-state index < -0.39 is 0 Å². The smallest absolute Gasteiger partial charge is 0.0546 e. The number of benzene rings is 2. The van der Waals surface area contributed by atoms with E-state index in [4.69, 9.17) is 23.2 Å². The molecule has 0 amide bonds. The van der Waals surface area contributed by atoms with Crippen LogP contribution < -0.4 is 0 Å². The molecular formula is C12H6Cl2N. The summed E-state index contributed by atoms with van der Waals surface area (Å²) in [7, 11) is 0. The number of rotatable bonds is 0. The fourth-order valence-corrected chi connectivity index (χ4v) is 2.11. The van der Waals surface area contributed by atoms with Crippen LogP contribution in [0.3, 0.4) is 0 Å². The zero-order chi connectivity index (χ0) is 10.4. The molecule has 1 heterocycles. The second-order valence-electron chi connectivity index (χ2n) is 3.42. The molecule has 0 aliphatic rings. The van der Waals surface area contributed by atoms with Crippen molar-refractivity contribution in [2.45, 2.75) is 0 Å². The van der Waals surface area contributed by atoms with Gasteiger partial charge in [-0.25, -0.2) is 0 Å². The number of H-pyrrole nitrogens is 1. The molecule has 73 valence electrons. The largest absolute Gasteiger partial charge is 0.354 e. The van der Waals surface area contributed by atoms with E-state index in [1.54, 1.807) is 6.07 Å². The lowest BCUT2D eigenvalue weighted by atomic mass is 10.1. The van der Waals surface area contributed by atoms with Gasteiger partial charge in [-0.3, -0.25) is 0 Å². The van der Waals surface area contributed by atoms with Crippen LogP contribution in [0.25, 0.3) is 21.8 Å². The van der Waals surface area contributed by atoms with Gasteiger partial charge in [-0.2, -0.15) is 0 Å². The zero-order valence-corrected chi connectivity index (χ0v) is 9.15. The first-order chi connectivity index (χ1) is 7.24. The van der Waals surface area contributed by atoms with Crippen molar-refractivity contribution in [3.8, 4) is 0 Å². The predicted octanol–water partition coefficient (Wildman–Crippen LogP) is 4.43. The van der Waals surface area contributed by atoms with Crippen LogP contribution in [0.1, 0.15) is 0 Å². The van der Waals surface area contributed by atoms with E-state index in [1.165, 1.54) is 0 Å². The molecule has 0 saturated carbocycles. The summed E-state index contributed by atoms with van der Waals surface area (Å²) in [5.41, 5.74) is 2.00. The Hall–Kier alpha value is -1.18. The maximum atomic E-state index is 5.96. The van der Waals surface area contributed by atoms with Crippen LogP contribution in [-0.2, 0) is 0 Å². The SMILES string of the molecule is Clc1c[c]c2[nH]c3ccc(Cl)cc3c2c1. The fourth-order valence-electron chi connectivity index (χ4n) is 1.77. The number of fused-ring (bicyclic) bond motifs is 3. The molecule has 1 radical (unpaired) electrons. The predicted molar refractivity (Wildman–Crippen MR) is 64.7 cm³/mol. The lowest BCUT2D eigenvalue weighted by Crippen LogP contribution is -1.68. The summed E-state index contributed by atoms with van der Waals surface area (Å²) < 4.78 is 0. The molecule has 3 aromatic rings. The molecule has 1 aromatic heterocycles. The first-order valence-electron chi connectivity index (χ1n) is 4.52. The molecule has 3 heteroatoms. The van der Waals surface area contributed by atoms with Crippen LogP contribution in [0.4, 0.5) is 0 Å². The van der Waals surface area contributed by atoms with Crippen molar-refractivity contribution >= 4 is 45.0 Å². The third kappa shape index (κ3) is 1.39. The monoisotopic (exact) mass is 234 g/mol. The highest BCUT2D eigenvalue weighted by atomic mass is 35.5. The van der Waals surface area contributed by atoms with Crippen LogP contribution in [0.15, 0.2) is 30.3 Å². The topological polar surface area (TPSA) is 15.8 Å². The van der Waals surface area contributed by atoms with E-state index >= 15 is 0 Å². The summed E-state index contributed by atoms with van der Waals surface area (Å²) in [6, 6.07) is 12.5. The summed E-state index contributed by atoms with van der Waals surface area (Å²) in [6.45, 7) is 0. The molecule has 0 unspecified atom stereocenters. The molecule has 3 rings (SSSR count). The van der Waals surface area contributed by atoms with Crippen LogP contribution in [0.5, 0.6) is 0 Å². The number of aromatic amines is 1. The molecule has 15 heavy (non-hydrogen) atoms. The Kier molecular flexibility index (Phi) is 1.91. The molecule has 1 nitrogen and oxygen atoms in total. The first-order valence-corrected chi connectivity index (χ1v) is 5.28. The zero-order valence-electron chi connectivity index (χ0n) is 7.64. The van der Waals surface area contributed by atoms with Gasteiger partial charge < -0.3 is 4.98 Å². The normalized spacial score (nSPS) is 11.3. The minimum atomic E-state index is 0.684. The Bertz CT molecular complexity index is 599. The number of hydrogen-bond donors (Lipinski definition) is 1. The van der Waals surface area contributed by atoms with Gasteiger partial charge in [-0.15, -0.1) is 0 Å². The average molecular weight is 235 g/mol. The molecule has 0 atom stereocenters. The maximum Gasteiger partial charge on any atom is 0.0546 e. The van der Waals surface area contributed by atoms with Gasteiger partial charge in [0.15, 0.2) is 0 Å². The lowest BCUT2D eigenvalue weighted by molar-refractivity contribution is 1.54. The number of aromatic nitrogens is 1. The lowest BCUT2D eigenvalue weighted by Gasteiger charge is -1.92. The van der Waals surface area contributed by atoms with Gasteiger partial charge in [-0.05, 0) is 30.3 Å². The van der Waals surface area contributed by atoms with Gasteiger partial charge >= 0.3 is 0 Å². The second-order valence-corrected chi connectivity index (χ2v) is 4.29. The standard InChI is InChI=1S/C12H6Cl2N/c13-7-1-3-11-9(5-7)10-6-8(14)2-4-12(10)15-11/h1-3,5-6,15H. The van der Waals surface area contributed by atoms with Crippen LogP contribution in [0, 0.1) is 6.07 Å². The number of hydrogen-bond acceptors (Lipinski definition) is 0. The Morgan fingerprint density at radius 1 is 1.00 bits per heavy atom. The first kappa shape index (κ1) is 9.08. The van der Waals surface area contributed by atoms with Gasteiger partial charge in [0.2, 0.25) is 0 Å². The number of nitrogens with one attached hydrogen (secondary N) is 1. The van der Waals surface area contributed by atoms with Crippen molar-refractivity contribution < 1.29 is 0 Å². The van der Waals surface area contributed by atoms with Gasteiger partial charge in [0.25, 0.3) is 0 Å². The van der Waals surface area contributed by atoms with Crippen molar-refractivity contribution in [1.82, 2.24) is 4.98 Å². The van der Waals surface area contributed by atoms with E-state index in [0.29, 0.717) is 5.02 Å². The third-order valence-electron chi connectivity index (χ3n) is 2.44. The van der Waals surface area contributed by atoms with Crippen molar-refractivity contribution in [2.24, 2.45) is 0 Å². The highest BCUT2D eigenvalue weighted by molar-refractivity contribution is 6.33. The average Bonchev–Trinajstić information content (AvgIpc) is 2.56. The van der Waals surface area contributed by atoms with Gasteiger partial charge in [0.1, 0.15) is 0 Å². The van der Waals surface area contributed by atoms with Crippen LogP contribution >= 0.6 is 23.2 Å². The van der Waals surface area contributed by atoms with E-state index in [9.17, 15) is 0 Å². The van der Waals surface area contributed by atoms with Crippen molar-refractivity contribution in [3.05, 3.63) is 46.4 Å². The Labute approximate surface area is 96.6 Å². The van der Waals surface area contributed by atoms with Crippen molar-refractivity contribution in [3.63, 3.8) is 0 Å². The summed E-state index contributed by atoms with van der Waals surface area (Å²) in [6.07, 6.45) is 0. The molecule has 0 spiro atoms.